The molecule has 0 aromatic heterocycles. The van der Waals surface area contributed by atoms with E-state index in [0.717, 1.165) is 18.7 Å². The van der Waals surface area contributed by atoms with E-state index in [0.29, 0.717) is 32.6 Å². The molecule has 1 heterocycles. The Morgan fingerprint density at radius 3 is 2.38 bits per heavy atom. The van der Waals surface area contributed by atoms with Gasteiger partial charge in [-0.2, -0.15) is 0 Å². The van der Waals surface area contributed by atoms with Gasteiger partial charge in [0.1, 0.15) is 5.75 Å². The van der Waals surface area contributed by atoms with Crippen LogP contribution in [0.25, 0.3) is 0 Å². The van der Waals surface area contributed by atoms with Crippen LogP contribution in [0.4, 0.5) is 0 Å². The lowest BCUT2D eigenvalue weighted by atomic mass is 9.65. The Bertz CT molecular complexity index is 551. The minimum absolute atomic E-state index is 0.210. The van der Waals surface area contributed by atoms with Gasteiger partial charge in [0.25, 0.3) is 0 Å². The molecule has 1 unspecified atom stereocenters. The third-order valence-corrected chi connectivity index (χ3v) is 5.42. The molecule has 2 N–H and O–H groups in total. The van der Waals surface area contributed by atoms with Crippen molar-refractivity contribution in [3.63, 3.8) is 0 Å². The van der Waals surface area contributed by atoms with Crippen LogP contribution in [-0.2, 0) is 16.0 Å². The number of aliphatic hydroxyl groups is 1. The molecule has 24 heavy (non-hydrogen) atoms. The Hall–Kier alpha value is -1.14. The van der Waals surface area contributed by atoms with E-state index >= 15 is 0 Å². The smallest absolute Gasteiger partial charge is 0.173 e. The van der Waals surface area contributed by atoms with Crippen LogP contribution in [-0.4, -0.2) is 43.4 Å². The normalized spacial score (nSPS) is 28.2. The van der Waals surface area contributed by atoms with Crippen LogP contribution in [0.5, 0.6) is 5.75 Å². The van der Waals surface area contributed by atoms with Gasteiger partial charge < -0.3 is 24.6 Å². The fraction of sp³-hybridized carbons (Fsp3) is 0.684. The summed E-state index contributed by atoms with van der Waals surface area (Å²) >= 11 is 0. The van der Waals surface area contributed by atoms with Gasteiger partial charge in [-0.05, 0) is 30.5 Å². The van der Waals surface area contributed by atoms with Crippen molar-refractivity contribution in [1.82, 2.24) is 5.32 Å². The summed E-state index contributed by atoms with van der Waals surface area (Å²) in [5.41, 5.74) is 0.239. The number of benzene rings is 1. The van der Waals surface area contributed by atoms with Gasteiger partial charge in [-0.15, -0.1) is 0 Å². The predicted octanol–water partition coefficient (Wildman–Crippen LogP) is 2.47. The van der Waals surface area contributed by atoms with E-state index in [1.165, 1.54) is 5.56 Å². The molecular weight excluding hydrogens is 306 g/mol. The molecule has 1 atom stereocenters. The van der Waals surface area contributed by atoms with Gasteiger partial charge >= 0.3 is 0 Å². The first-order valence-electron chi connectivity index (χ1n) is 8.72. The lowest BCUT2D eigenvalue weighted by molar-refractivity contribution is -0.270. The van der Waals surface area contributed by atoms with Gasteiger partial charge in [-0.25, -0.2) is 0 Å². The van der Waals surface area contributed by atoms with Crippen molar-refractivity contribution >= 4 is 0 Å². The van der Waals surface area contributed by atoms with Gasteiger partial charge in [0, 0.05) is 24.9 Å². The van der Waals surface area contributed by atoms with Crippen molar-refractivity contribution in [3.8, 4) is 5.75 Å². The topological polar surface area (TPSA) is 60.0 Å². The monoisotopic (exact) mass is 335 g/mol. The lowest BCUT2D eigenvalue weighted by Gasteiger charge is -2.51. The minimum atomic E-state index is -0.726. The molecule has 0 bridgehead atoms. The minimum Gasteiger partial charge on any atom is -0.497 e. The van der Waals surface area contributed by atoms with E-state index in [2.05, 4.69) is 19.2 Å². The highest BCUT2D eigenvalue weighted by Crippen LogP contribution is 2.51. The molecule has 5 heteroatoms. The van der Waals surface area contributed by atoms with Gasteiger partial charge in [0.05, 0.1) is 25.9 Å². The molecule has 1 saturated heterocycles. The summed E-state index contributed by atoms with van der Waals surface area (Å²) in [5, 5.41) is 14.4. The Kier molecular flexibility index (Phi) is 4.89. The first-order valence-corrected chi connectivity index (χ1v) is 8.72. The van der Waals surface area contributed by atoms with E-state index in [9.17, 15) is 5.11 Å². The number of hydrogen-bond donors (Lipinski definition) is 2. The van der Waals surface area contributed by atoms with Crippen LogP contribution >= 0.6 is 0 Å². The molecule has 1 aromatic carbocycles. The van der Waals surface area contributed by atoms with E-state index in [1.807, 2.05) is 24.3 Å². The lowest BCUT2D eigenvalue weighted by Crippen LogP contribution is -2.58. The van der Waals surface area contributed by atoms with E-state index in [-0.39, 0.29) is 5.41 Å². The van der Waals surface area contributed by atoms with Crippen LogP contribution in [0.1, 0.15) is 38.7 Å². The number of hydrogen-bond acceptors (Lipinski definition) is 5. The number of nitrogens with one attached hydrogen (secondary N) is 1. The van der Waals surface area contributed by atoms with Crippen LogP contribution in [0, 0.1) is 5.41 Å². The molecule has 1 spiro atoms. The summed E-state index contributed by atoms with van der Waals surface area (Å²) in [6.45, 7) is 6.86. The summed E-state index contributed by atoms with van der Waals surface area (Å²) in [4.78, 5) is 0. The highest BCUT2D eigenvalue weighted by Gasteiger charge is 2.57. The Morgan fingerprint density at radius 2 is 1.79 bits per heavy atom. The van der Waals surface area contributed by atoms with Gasteiger partial charge in [0.15, 0.2) is 5.79 Å². The van der Waals surface area contributed by atoms with E-state index < -0.39 is 11.4 Å². The maximum Gasteiger partial charge on any atom is 0.173 e. The zero-order valence-electron chi connectivity index (χ0n) is 14.9. The largest absolute Gasteiger partial charge is 0.497 e. The van der Waals surface area contributed by atoms with E-state index in [1.54, 1.807) is 7.11 Å². The zero-order valence-corrected chi connectivity index (χ0v) is 14.9. The average molecular weight is 335 g/mol. The fourth-order valence-corrected chi connectivity index (χ4v) is 4.10. The summed E-state index contributed by atoms with van der Waals surface area (Å²) in [5.74, 6) is 0.336. The van der Waals surface area contributed by atoms with Crippen molar-refractivity contribution < 1.29 is 19.3 Å². The SMILES string of the molecule is COc1ccc(CNCC2(O)CCC3(OCCO3)C(C)(C)C2)cc1. The maximum atomic E-state index is 11.0. The maximum absolute atomic E-state index is 11.0. The second-order valence-electron chi connectivity index (χ2n) is 7.69. The van der Waals surface area contributed by atoms with Crippen LogP contribution in [0.3, 0.4) is 0 Å². The molecule has 1 aromatic rings. The summed E-state index contributed by atoms with van der Waals surface area (Å²) in [6.07, 6.45) is 2.09. The summed E-state index contributed by atoms with van der Waals surface area (Å²) in [6, 6.07) is 7.98. The number of methoxy groups -OCH3 is 1. The molecule has 5 nitrogen and oxygen atoms in total. The number of rotatable bonds is 5. The molecule has 0 radical (unpaired) electrons. The van der Waals surface area contributed by atoms with Crippen LogP contribution in [0.15, 0.2) is 24.3 Å². The second-order valence-corrected chi connectivity index (χ2v) is 7.69. The van der Waals surface area contributed by atoms with E-state index in [4.69, 9.17) is 14.2 Å². The standard InChI is InChI=1S/C19H29NO4/c1-17(2)13-18(21,8-9-19(17)23-10-11-24-19)14-20-12-15-4-6-16(22-3)7-5-15/h4-7,20-21H,8-14H2,1-3H3. The fourth-order valence-electron chi connectivity index (χ4n) is 4.10. The molecule has 3 rings (SSSR count). The van der Waals surface area contributed by atoms with Crippen LogP contribution in [0.2, 0.25) is 0 Å². The van der Waals surface area contributed by atoms with Gasteiger partial charge in [0.2, 0.25) is 0 Å². The Balaban J connectivity index is 1.55. The first kappa shape index (κ1) is 17.7. The van der Waals surface area contributed by atoms with Crippen LogP contribution < -0.4 is 10.1 Å². The third kappa shape index (κ3) is 3.45. The average Bonchev–Trinajstić information content (AvgIpc) is 3.03. The zero-order chi connectivity index (χ0) is 17.3. The highest BCUT2D eigenvalue weighted by atomic mass is 16.7. The second kappa shape index (κ2) is 6.64. The molecule has 2 aliphatic rings. The summed E-state index contributed by atoms with van der Waals surface area (Å²) < 4.78 is 17.0. The molecular formula is C19H29NO4. The molecule has 0 amide bonds. The molecule has 1 aliphatic heterocycles. The Morgan fingerprint density at radius 1 is 1.12 bits per heavy atom. The number of ether oxygens (including phenoxy) is 3. The van der Waals surface area contributed by atoms with Gasteiger partial charge in [-0.3, -0.25) is 0 Å². The quantitative estimate of drug-likeness (QED) is 0.866. The molecule has 134 valence electrons. The summed E-state index contributed by atoms with van der Waals surface area (Å²) in [7, 11) is 1.66. The third-order valence-electron chi connectivity index (χ3n) is 5.42. The van der Waals surface area contributed by atoms with Crippen molar-refractivity contribution in [3.05, 3.63) is 29.8 Å². The molecule has 2 fully saturated rings. The Labute approximate surface area is 144 Å². The predicted molar refractivity (Wildman–Crippen MR) is 91.9 cm³/mol. The highest BCUT2D eigenvalue weighted by molar-refractivity contribution is 5.27. The van der Waals surface area contributed by atoms with Crippen molar-refractivity contribution in [2.45, 2.75) is 51.0 Å². The molecule has 1 saturated carbocycles. The van der Waals surface area contributed by atoms with Crippen molar-refractivity contribution in [2.75, 3.05) is 26.9 Å². The van der Waals surface area contributed by atoms with Crippen molar-refractivity contribution in [1.29, 1.82) is 0 Å². The first-order chi connectivity index (χ1) is 11.4. The molecule has 1 aliphatic carbocycles. The van der Waals surface area contributed by atoms with Crippen molar-refractivity contribution in [2.24, 2.45) is 5.41 Å². The van der Waals surface area contributed by atoms with Gasteiger partial charge in [-0.1, -0.05) is 26.0 Å².